The molecule has 1 heterocycles. The average Bonchev–Trinajstić information content (AvgIpc) is 2.74. The first-order chi connectivity index (χ1) is 14.9. The second kappa shape index (κ2) is 12.4. The van der Waals surface area contributed by atoms with Crippen molar-refractivity contribution in [3.8, 4) is 0 Å². The van der Waals surface area contributed by atoms with E-state index in [1.165, 1.54) is 6.20 Å². The Morgan fingerprint density at radius 2 is 2.03 bits per heavy atom. The highest BCUT2D eigenvalue weighted by molar-refractivity contribution is 7.99. The summed E-state index contributed by atoms with van der Waals surface area (Å²) in [5.74, 6) is -0.416. The Morgan fingerprint density at radius 1 is 1.26 bits per heavy atom. The van der Waals surface area contributed by atoms with Gasteiger partial charge in [0.2, 0.25) is 5.43 Å². The summed E-state index contributed by atoms with van der Waals surface area (Å²) in [4.78, 5) is 38.5. The van der Waals surface area contributed by atoms with Gasteiger partial charge in [-0.3, -0.25) is 4.79 Å². The molecule has 0 radical (unpaired) electrons. The number of thioether (sulfide) groups is 1. The van der Waals surface area contributed by atoms with Crippen molar-refractivity contribution >= 4 is 34.7 Å². The number of amides is 1. The van der Waals surface area contributed by atoms with Crippen LogP contribution < -0.4 is 10.7 Å². The number of aromatic carboxylic acids is 1. The number of hydrogen-bond acceptors (Lipinski definition) is 6. The van der Waals surface area contributed by atoms with Gasteiger partial charge in [-0.05, 0) is 38.6 Å². The molecule has 2 N–H and O–H groups in total. The van der Waals surface area contributed by atoms with Crippen LogP contribution in [0.15, 0.2) is 34.1 Å². The van der Waals surface area contributed by atoms with Gasteiger partial charge in [0.05, 0.1) is 12.1 Å². The highest BCUT2D eigenvalue weighted by atomic mass is 32.2. The maximum absolute atomic E-state index is 12.6. The topological polar surface area (TPSA) is 101 Å². The monoisotopic (exact) mass is 449 g/mol. The number of pyridine rings is 1. The molecule has 1 aromatic heterocycles. The van der Waals surface area contributed by atoms with Crippen LogP contribution in [-0.4, -0.2) is 65.7 Å². The predicted octanol–water partition coefficient (Wildman–Crippen LogP) is 3.27. The average molecular weight is 450 g/mol. The Kier molecular flexibility index (Phi) is 9.87. The molecule has 0 aliphatic carbocycles. The van der Waals surface area contributed by atoms with Crippen molar-refractivity contribution in [2.75, 3.05) is 39.0 Å². The number of benzene rings is 1. The zero-order valence-corrected chi connectivity index (χ0v) is 19.2. The Balaban J connectivity index is 1.89. The Morgan fingerprint density at radius 3 is 2.71 bits per heavy atom. The van der Waals surface area contributed by atoms with Gasteiger partial charge in [0.25, 0.3) is 0 Å². The lowest BCUT2D eigenvalue weighted by atomic mass is 10.1. The van der Waals surface area contributed by atoms with Gasteiger partial charge in [-0.2, -0.15) is 0 Å². The van der Waals surface area contributed by atoms with Crippen molar-refractivity contribution in [3.05, 3.63) is 40.2 Å². The number of hydrogen-bond donors (Lipinski definition) is 2. The number of aromatic nitrogens is 1. The minimum Gasteiger partial charge on any atom is -0.477 e. The maximum Gasteiger partial charge on any atom is 0.407 e. The molecule has 0 saturated carbocycles. The van der Waals surface area contributed by atoms with Gasteiger partial charge >= 0.3 is 12.1 Å². The van der Waals surface area contributed by atoms with E-state index in [4.69, 9.17) is 4.74 Å². The van der Waals surface area contributed by atoms with E-state index in [1.54, 1.807) is 22.4 Å². The number of carboxylic acid groups (broad SMARTS) is 1. The van der Waals surface area contributed by atoms with Crippen LogP contribution >= 0.6 is 11.8 Å². The lowest BCUT2D eigenvalue weighted by molar-refractivity contribution is 0.0694. The van der Waals surface area contributed by atoms with E-state index < -0.39 is 11.4 Å². The molecule has 1 amide bonds. The Hall–Kier alpha value is -2.52. The van der Waals surface area contributed by atoms with E-state index in [2.05, 4.69) is 10.2 Å². The first-order valence-corrected chi connectivity index (χ1v) is 11.5. The van der Waals surface area contributed by atoms with Crippen molar-refractivity contribution in [2.24, 2.45) is 0 Å². The molecular weight excluding hydrogens is 418 g/mol. The number of fused-ring (bicyclic) bond motifs is 1. The number of nitrogens with one attached hydrogen (secondary N) is 1. The van der Waals surface area contributed by atoms with Crippen molar-refractivity contribution < 1.29 is 19.4 Å². The van der Waals surface area contributed by atoms with E-state index in [1.807, 2.05) is 33.0 Å². The van der Waals surface area contributed by atoms with Gasteiger partial charge < -0.3 is 24.6 Å². The van der Waals surface area contributed by atoms with Crippen LogP contribution in [0.3, 0.4) is 0 Å². The molecule has 0 saturated heterocycles. The first-order valence-electron chi connectivity index (χ1n) is 10.5. The van der Waals surface area contributed by atoms with E-state index in [-0.39, 0.29) is 11.7 Å². The van der Waals surface area contributed by atoms with Gasteiger partial charge in [-0.25, -0.2) is 9.59 Å². The molecule has 0 bridgehead atoms. The molecule has 8 nitrogen and oxygen atoms in total. The third-order valence-corrected chi connectivity index (χ3v) is 5.83. The van der Waals surface area contributed by atoms with Gasteiger partial charge in [0, 0.05) is 48.4 Å². The zero-order chi connectivity index (χ0) is 22.8. The Bertz CT molecular complexity index is 960. The van der Waals surface area contributed by atoms with Gasteiger partial charge in [0.15, 0.2) is 0 Å². The van der Waals surface area contributed by atoms with E-state index in [0.717, 1.165) is 35.6 Å². The minimum atomic E-state index is -1.21. The van der Waals surface area contributed by atoms with Crippen molar-refractivity contribution in [1.29, 1.82) is 0 Å². The highest BCUT2D eigenvalue weighted by Crippen LogP contribution is 2.22. The lowest BCUT2D eigenvalue weighted by Gasteiger charge is -2.17. The molecule has 0 spiro atoms. The van der Waals surface area contributed by atoms with E-state index >= 15 is 0 Å². The van der Waals surface area contributed by atoms with Gasteiger partial charge in [0.1, 0.15) is 5.56 Å². The highest BCUT2D eigenvalue weighted by Gasteiger charge is 2.14. The molecule has 9 heteroatoms. The van der Waals surface area contributed by atoms with E-state index in [0.29, 0.717) is 31.6 Å². The second-order valence-corrected chi connectivity index (χ2v) is 8.38. The lowest BCUT2D eigenvalue weighted by Crippen LogP contribution is -2.34. The quantitative estimate of drug-likeness (QED) is 0.379. The maximum atomic E-state index is 12.6. The summed E-state index contributed by atoms with van der Waals surface area (Å²) < 4.78 is 6.83. The van der Waals surface area contributed by atoms with Crippen molar-refractivity contribution in [2.45, 2.75) is 38.1 Å². The predicted molar refractivity (Wildman–Crippen MR) is 123 cm³/mol. The number of aryl methyl sites for hydroxylation is 1. The number of unbranched alkanes of at least 4 members (excludes halogenated alkanes) is 1. The van der Waals surface area contributed by atoms with Crippen LogP contribution in [0.5, 0.6) is 0 Å². The number of ether oxygens (including phenoxy) is 1. The molecule has 2 rings (SSSR count). The summed E-state index contributed by atoms with van der Waals surface area (Å²) in [6.45, 7) is 6.98. The Labute approximate surface area is 186 Å². The smallest absolute Gasteiger partial charge is 0.407 e. The zero-order valence-electron chi connectivity index (χ0n) is 18.3. The number of rotatable bonds is 12. The van der Waals surface area contributed by atoms with Crippen LogP contribution in [0, 0.1) is 0 Å². The number of carboxylic acids is 1. The fraction of sp³-hybridized carbons (Fsp3) is 0.500. The fourth-order valence-corrected chi connectivity index (χ4v) is 4.02. The van der Waals surface area contributed by atoms with Crippen molar-refractivity contribution in [3.63, 3.8) is 0 Å². The van der Waals surface area contributed by atoms with Crippen LogP contribution in [0.1, 0.15) is 37.0 Å². The standard InChI is InChI=1S/C22H31N3O5S/c1-4-6-12-30-22(29)23-9-10-24(3)11-13-31-16-7-8-19-17(14-16)20(26)18(21(27)28)15-25(19)5-2/h7-8,14-15H,4-6,9-13H2,1-3H3,(H,23,29)(H,27,28). The molecule has 0 aliphatic rings. The fourth-order valence-electron chi connectivity index (χ4n) is 3.02. The van der Waals surface area contributed by atoms with Gasteiger partial charge in [-0.15, -0.1) is 11.8 Å². The summed E-state index contributed by atoms with van der Waals surface area (Å²) in [6, 6.07) is 5.59. The normalized spacial score (nSPS) is 11.1. The first kappa shape index (κ1) is 24.7. The molecule has 170 valence electrons. The van der Waals surface area contributed by atoms with Crippen LogP contribution in [-0.2, 0) is 11.3 Å². The second-order valence-electron chi connectivity index (χ2n) is 7.21. The molecule has 0 unspecified atom stereocenters. The van der Waals surface area contributed by atoms with Crippen LogP contribution in [0.4, 0.5) is 4.79 Å². The number of carbonyl (C=O) groups excluding carboxylic acids is 1. The van der Waals surface area contributed by atoms with Crippen molar-refractivity contribution in [1.82, 2.24) is 14.8 Å². The van der Waals surface area contributed by atoms with Crippen LogP contribution in [0.2, 0.25) is 0 Å². The molecule has 2 aromatic rings. The SMILES string of the molecule is CCCCOC(=O)NCCN(C)CCSc1ccc2c(c1)c(=O)c(C(=O)O)cn2CC. The molecular formula is C22H31N3O5S. The largest absolute Gasteiger partial charge is 0.477 e. The van der Waals surface area contributed by atoms with Crippen LogP contribution in [0.25, 0.3) is 10.9 Å². The summed E-state index contributed by atoms with van der Waals surface area (Å²) in [5, 5.41) is 12.5. The molecule has 31 heavy (non-hydrogen) atoms. The molecule has 0 aliphatic heterocycles. The number of carbonyl (C=O) groups is 2. The summed E-state index contributed by atoms with van der Waals surface area (Å²) >= 11 is 1.60. The summed E-state index contributed by atoms with van der Waals surface area (Å²) in [5.41, 5.74) is 0.0662. The third kappa shape index (κ3) is 7.29. The number of likely N-dealkylation sites (N-methyl/N-ethyl adjacent to an activating group) is 1. The summed E-state index contributed by atoms with van der Waals surface area (Å²) in [7, 11) is 1.98. The van der Waals surface area contributed by atoms with E-state index in [9.17, 15) is 19.5 Å². The minimum absolute atomic E-state index is 0.211. The summed E-state index contributed by atoms with van der Waals surface area (Å²) in [6.07, 6.45) is 2.87. The number of alkyl carbamates (subject to hydrolysis) is 1. The third-order valence-electron chi connectivity index (χ3n) is 4.86. The molecule has 0 atom stereocenters. The number of nitrogens with zero attached hydrogens (tertiary/aromatic N) is 2. The van der Waals surface area contributed by atoms with Gasteiger partial charge in [-0.1, -0.05) is 13.3 Å². The molecule has 0 fully saturated rings. The molecule has 1 aromatic carbocycles.